The topological polar surface area (TPSA) is 40.6 Å². The molecule has 0 heterocycles. The van der Waals surface area contributed by atoms with Crippen molar-refractivity contribution >= 4 is 17.5 Å². The van der Waals surface area contributed by atoms with E-state index < -0.39 is 0 Å². The second kappa shape index (κ2) is 9.18. The Kier molecular flexibility index (Phi) is 6.96. The predicted molar refractivity (Wildman–Crippen MR) is 106 cm³/mol. The van der Waals surface area contributed by atoms with Crippen molar-refractivity contribution in [1.82, 2.24) is 4.90 Å². The highest BCUT2D eigenvalue weighted by Crippen LogP contribution is 2.17. The van der Waals surface area contributed by atoms with Gasteiger partial charge in [-0.15, -0.1) is 0 Å². The van der Waals surface area contributed by atoms with Gasteiger partial charge >= 0.3 is 0 Å². The number of benzene rings is 2. The zero-order chi connectivity index (χ0) is 19.1. The molecule has 0 aromatic heterocycles. The third-order valence-corrected chi connectivity index (χ3v) is 4.59. The Morgan fingerprint density at radius 2 is 1.73 bits per heavy atom. The van der Waals surface area contributed by atoms with Crippen molar-refractivity contribution in [3.8, 4) is 0 Å². The maximum atomic E-state index is 12.7. The Bertz CT molecular complexity index is 770. The van der Waals surface area contributed by atoms with Gasteiger partial charge in [-0.3, -0.25) is 9.59 Å². The van der Waals surface area contributed by atoms with E-state index >= 15 is 0 Å². The highest BCUT2D eigenvalue weighted by molar-refractivity contribution is 5.93. The van der Waals surface area contributed by atoms with Crippen LogP contribution in [0.15, 0.2) is 48.5 Å². The zero-order valence-electron chi connectivity index (χ0n) is 16.2. The molecule has 0 unspecified atom stereocenters. The summed E-state index contributed by atoms with van der Waals surface area (Å²) in [4.78, 5) is 28.3. The second-order valence-corrected chi connectivity index (χ2v) is 6.59. The number of carbonyl (C=O) groups excluding carboxylic acids is 2. The summed E-state index contributed by atoms with van der Waals surface area (Å²) in [5.41, 5.74) is 4.30. The standard InChI is InChI=1S/C22H28N2O2/c1-5-24(21-12-8-9-17(2)15-21)22(26)13-14-23(19(4)25)16-20-11-7-6-10-18(20)3/h6-12,15H,5,13-14,16H2,1-4H3. The van der Waals surface area contributed by atoms with Crippen LogP contribution in [0.2, 0.25) is 0 Å². The van der Waals surface area contributed by atoms with Gasteiger partial charge in [-0.25, -0.2) is 0 Å². The SMILES string of the molecule is CCN(C(=O)CCN(Cc1ccccc1C)C(C)=O)c1cccc(C)c1. The van der Waals surface area contributed by atoms with Gasteiger partial charge in [0.25, 0.3) is 0 Å². The normalized spacial score (nSPS) is 10.5. The molecule has 0 saturated heterocycles. The van der Waals surface area contributed by atoms with E-state index in [9.17, 15) is 9.59 Å². The van der Waals surface area contributed by atoms with Gasteiger partial charge in [0.2, 0.25) is 11.8 Å². The Labute approximate surface area is 156 Å². The molecule has 4 heteroatoms. The quantitative estimate of drug-likeness (QED) is 0.753. The Balaban J connectivity index is 2.04. The molecule has 2 aromatic carbocycles. The second-order valence-electron chi connectivity index (χ2n) is 6.59. The molecule has 0 N–H and O–H groups in total. The molecule has 4 nitrogen and oxygen atoms in total. The number of anilines is 1. The fraction of sp³-hybridized carbons (Fsp3) is 0.364. The average molecular weight is 352 g/mol. The molecule has 138 valence electrons. The minimum atomic E-state index is -0.0142. The first-order valence-electron chi connectivity index (χ1n) is 9.09. The molecule has 26 heavy (non-hydrogen) atoms. The van der Waals surface area contributed by atoms with E-state index in [0.29, 0.717) is 26.1 Å². The maximum absolute atomic E-state index is 12.7. The number of rotatable bonds is 7. The minimum Gasteiger partial charge on any atom is -0.338 e. The zero-order valence-corrected chi connectivity index (χ0v) is 16.2. The summed E-state index contributed by atoms with van der Waals surface area (Å²) in [6.45, 7) is 9.14. The Morgan fingerprint density at radius 1 is 1.00 bits per heavy atom. The lowest BCUT2D eigenvalue weighted by molar-refractivity contribution is -0.130. The van der Waals surface area contributed by atoms with Crippen LogP contribution in [0, 0.1) is 13.8 Å². The van der Waals surface area contributed by atoms with Gasteiger partial charge in [0.1, 0.15) is 0 Å². The van der Waals surface area contributed by atoms with Crippen LogP contribution < -0.4 is 4.90 Å². The number of hydrogen-bond acceptors (Lipinski definition) is 2. The number of amides is 2. The molecule has 0 spiro atoms. The van der Waals surface area contributed by atoms with E-state index in [-0.39, 0.29) is 11.8 Å². The maximum Gasteiger partial charge on any atom is 0.228 e. The number of hydrogen-bond donors (Lipinski definition) is 0. The lowest BCUT2D eigenvalue weighted by atomic mass is 10.1. The van der Waals surface area contributed by atoms with Crippen LogP contribution in [0.1, 0.15) is 37.0 Å². The first-order chi connectivity index (χ1) is 12.4. The van der Waals surface area contributed by atoms with E-state index in [2.05, 4.69) is 0 Å². The van der Waals surface area contributed by atoms with E-state index in [1.165, 1.54) is 0 Å². The predicted octanol–water partition coefficient (Wildman–Crippen LogP) is 4.10. The highest BCUT2D eigenvalue weighted by atomic mass is 16.2. The Hall–Kier alpha value is -2.62. The van der Waals surface area contributed by atoms with Gasteiger partial charge in [0, 0.05) is 38.7 Å². The van der Waals surface area contributed by atoms with Crippen molar-refractivity contribution in [2.24, 2.45) is 0 Å². The molecular weight excluding hydrogens is 324 g/mol. The lowest BCUT2D eigenvalue weighted by Gasteiger charge is -2.25. The van der Waals surface area contributed by atoms with Crippen molar-refractivity contribution in [2.75, 3.05) is 18.0 Å². The first kappa shape index (κ1) is 19.7. The van der Waals surface area contributed by atoms with E-state index in [0.717, 1.165) is 22.4 Å². The molecule has 0 atom stereocenters. The van der Waals surface area contributed by atoms with Gasteiger partial charge in [-0.1, -0.05) is 36.4 Å². The van der Waals surface area contributed by atoms with Crippen LogP contribution in [0.4, 0.5) is 5.69 Å². The largest absolute Gasteiger partial charge is 0.338 e. The van der Waals surface area contributed by atoms with Crippen LogP contribution in [0.3, 0.4) is 0 Å². The van der Waals surface area contributed by atoms with Crippen LogP contribution in [-0.4, -0.2) is 29.8 Å². The molecule has 0 aliphatic heterocycles. The van der Waals surface area contributed by atoms with E-state index in [1.807, 2.05) is 69.3 Å². The van der Waals surface area contributed by atoms with Crippen molar-refractivity contribution < 1.29 is 9.59 Å². The first-order valence-corrected chi connectivity index (χ1v) is 9.09. The van der Waals surface area contributed by atoms with Crippen LogP contribution in [-0.2, 0) is 16.1 Å². The van der Waals surface area contributed by atoms with Gasteiger partial charge in [-0.2, -0.15) is 0 Å². The number of nitrogens with zero attached hydrogens (tertiary/aromatic N) is 2. The van der Waals surface area contributed by atoms with Crippen molar-refractivity contribution in [1.29, 1.82) is 0 Å². The van der Waals surface area contributed by atoms with E-state index in [1.54, 1.807) is 16.7 Å². The number of aryl methyl sites for hydroxylation is 2. The molecule has 0 aliphatic rings. The minimum absolute atomic E-state index is 0.0142. The molecule has 0 fully saturated rings. The fourth-order valence-corrected chi connectivity index (χ4v) is 3.01. The van der Waals surface area contributed by atoms with Crippen molar-refractivity contribution in [3.05, 3.63) is 65.2 Å². The molecule has 2 aromatic rings. The molecule has 0 saturated carbocycles. The lowest BCUT2D eigenvalue weighted by Crippen LogP contribution is -2.36. The fourth-order valence-electron chi connectivity index (χ4n) is 3.01. The van der Waals surface area contributed by atoms with Gasteiger partial charge in [-0.05, 0) is 49.6 Å². The summed E-state index contributed by atoms with van der Waals surface area (Å²) in [7, 11) is 0. The molecule has 0 radical (unpaired) electrons. The molecule has 0 aliphatic carbocycles. The number of carbonyl (C=O) groups is 2. The van der Waals surface area contributed by atoms with Crippen LogP contribution >= 0.6 is 0 Å². The van der Waals surface area contributed by atoms with Crippen molar-refractivity contribution in [2.45, 2.75) is 40.7 Å². The van der Waals surface area contributed by atoms with Crippen LogP contribution in [0.25, 0.3) is 0 Å². The summed E-state index contributed by atoms with van der Waals surface area (Å²) in [5, 5.41) is 0. The summed E-state index contributed by atoms with van der Waals surface area (Å²) in [6.07, 6.45) is 0.313. The third kappa shape index (κ3) is 5.19. The summed E-state index contributed by atoms with van der Waals surface area (Å²) in [5.74, 6) is 0.0220. The average Bonchev–Trinajstić information content (AvgIpc) is 2.60. The van der Waals surface area contributed by atoms with Crippen LogP contribution in [0.5, 0.6) is 0 Å². The third-order valence-electron chi connectivity index (χ3n) is 4.59. The summed E-state index contributed by atoms with van der Waals surface area (Å²) in [6, 6.07) is 16.0. The highest BCUT2D eigenvalue weighted by Gasteiger charge is 2.17. The Morgan fingerprint density at radius 3 is 2.35 bits per heavy atom. The summed E-state index contributed by atoms with van der Waals surface area (Å²) < 4.78 is 0. The molecule has 2 rings (SSSR count). The van der Waals surface area contributed by atoms with Gasteiger partial charge in [0.15, 0.2) is 0 Å². The van der Waals surface area contributed by atoms with Gasteiger partial charge in [0.05, 0.1) is 0 Å². The molecule has 0 bridgehead atoms. The summed E-state index contributed by atoms with van der Waals surface area (Å²) >= 11 is 0. The van der Waals surface area contributed by atoms with Gasteiger partial charge < -0.3 is 9.80 Å². The molecule has 2 amide bonds. The smallest absolute Gasteiger partial charge is 0.228 e. The van der Waals surface area contributed by atoms with E-state index in [4.69, 9.17) is 0 Å². The monoisotopic (exact) mass is 352 g/mol. The van der Waals surface area contributed by atoms with Crippen molar-refractivity contribution in [3.63, 3.8) is 0 Å². The molecular formula is C22H28N2O2.